The minimum atomic E-state index is -0.707. The maximum atomic E-state index is 11.8. The van der Waals surface area contributed by atoms with Crippen LogP contribution in [0.25, 0.3) is 0 Å². The van der Waals surface area contributed by atoms with Crippen LogP contribution in [0.3, 0.4) is 0 Å². The van der Waals surface area contributed by atoms with Gasteiger partial charge in [0.25, 0.3) is 0 Å². The molecule has 106 valence electrons. The van der Waals surface area contributed by atoms with Crippen molar-refractivity contribution < 1.29 is 14.7 Å². The number of carboxylic acids is 1. The summed E-state index contributed by atoms with van der Waals surface area (Å²) >= 11 is 0. The predicted octanol–water partition coefficient (Wildman–Crippen LogP) is 1.01. The van der Waals surface area contributed by atoms with Gasteiger partial charge in [-0.05, 0) is 31.6 Å². The molecule has 0 aromatic rings. The second kappa shape index (κ2) is 6.19. The van der Waals surface area contributed by atoms with Gasteiger partial charge in [-0.3, -0.25) is 14.5 Å². The fourth-order valence-electron chi connectivity index (χ4n) is 3.47. The molecule has 2 aliphatic heterocycles. The molecule has 1 amide bonds. The zero-order chi connectivity index (χ0) is 13.8. The van der Waals surface area contributed by atoms with Crippen molar-refractivity contribution in [2.75, 3.05) is 13.1 Å². The molecule has 2 fully saturated rings. The molecule has 0 spiro atoms. The highest BCUT2D eigenvalue weighted by Gasteiger charge is 2.41. The average Bonchev–Trinajstić information content (AvgIpc) is 2.59. The van der Waals surface area contributed by atoms with E-state index in [9.17, 15) is 9.59 Å². The lowest BCUT2D eigenvalue weighted by Crippen LogP contribution is -2.48. The SMILES string of the molecule is C=CCNC(=O)CN1C2CCC1CC(CC(=O)O)C2. The summed E-state index contributed by atoms with van der Waals surface area (Å²) in [5.41, 5.74) is 0. The number of hydrogen-bond donors (Lipinski definition) is 2. The van der Waals surface area contributed by atoms with E-state index in [1.165, 1.54) is 0 Å². The molecule has 5 nitrogen and oxygen atoms in total. The quantitative estimate of drug-likeness (QED) is 0.704. The van der Waals surface area contributed by atoms with Crippen molar-refractivity contribution in [1.29, 1.82) is 0 Å². The number of hydrogen-bond acceptors (Lipinski definition) is 3. The standard InChI is InChI=1S/C14H22N2O3/c1-2-5-15-13(17)9-16-11-3-4-12(16)7-10(6-11)8-14(18)19/h2,10-12H,1,3-9H2,(H,15,17)(H,18,19). The first-order chi connectivity index (χ1) is 9.10. The Morgan fingerprint density at radius 2 is 1.95 bits per heavy atom. The summed E-state index contributed by atoms with van der Waals surface area (Å²) in [7, 11) is 0. The molecule has 2 saturated heterocycles. The Balaban J connectivity index is 1.86. The minimum Gasteiger partial charge on any atom is -0.481 e. The van der Waals surface area contributed by atoms with Crippen molar-refractivity contribution in [1.82, 2.24) is 10.2 Å². The molecule has 2 bridgehead atoms. The molecule has 2 heterocycles. The van der Waals surface area contributed by atoms with E-state index >= 15 is 0 Å². The van der Waals surface area contributed by atoms with Crippen LogP contribution in [0, 0.1) is 5.92 Å². The van der Waals surface area contributed by atoms with Crippen molar-refractivity contribution in [2.24, 2.45) is 5.92 Å². The fourth-order valence-corrected chi connectivity index (χ4v) is 3.47. The second-order valence-electron chi connectivity index (χ2n) is 5.59. The largest absolute Gasteiger partial charge is 0.481 e. The first-order valence-corrected chi connectivity index (χ1v) is 6.95. The molecular weight excluding hydrogens is 244 g/mol. The molecule has 0 aromatic heterocycles. The first kappa shape index (κ1) is 14.1. The third-order valence-electron chi connectivity index (χ3n) is 4.22. The van der Waals surface area contributed by atoms with Crippen LogP contribution in [0.15, 0.2) is 12.7 Å². The van der Waals surface area contributed by atoms with Crippen molar-refractivity contribution >= 4 is 11.9 Å². The maximum absolute atomic E-state index is 11.8. The Kier molecular flexibility index (Phi) is 4.58. The van der Waals surface area contributed by atoms with E-state index in [0.29, 0.717) is 25.2 Å². The van der Waals surface area contributed by atoms with Crippen LogP contribution in [-0.2, 0) is 9.59 Å². The summed E-state index contributed by atoms with van der Waals surface area (Å²) in [5, 5.41) is 11.7. The van der Waals surface area contributed by atoms with E-state index in [2.05, 4.69) is 16.8 Å². The summed E-state index contributed by atoms with van der Waals surface area (Å²) in [6.07, 6.45) is 5.95. The molecule has 2 atom stereocenters. The third-order valence-corrected chi connectivity index (χ3v) is 4.22. The van der Waals surface area contributed by atoms with Gasteiger partial charge in [-0.25, -0.2) is 0 Å². The van der Waals surface area contributed by atoms with Crippen LogP contribution in [0.1, 0.15) is 32.1 Å². The van der Waals surface area contributed by atoms with Crippen LogP contribution in [-0.4, -0.2) is 47.1 Å². The lowest BCUT2D eigenvalue weighted by atomic mass is 9.88. The summed E-state index contributed by atoms with van der Waals surface area (Å²) in [5.74, 6) is -0.391. The van der Waals surface area contributed by atoms with E-state index in [1.807, 2.05) is 0 Å². The molecule has 5 heteroatoms. The molecule has 0 saturated carbocycles. The smallest absolute Gasteiger partial charge is 0.303 e. The Labute approximate surface area is 113 Å². The minimum absolute atomic E-state index is 0.0356. The Morgan fingerprint density at radius 1 is 1.32 bits per heavy atom. The lowest BCUT2D eigenvalue weighted by molar-refractivity contribution is -0.139. The highest BCUT2D eigenvalue weighted by Crippen LogP contribution is 2.39. The van der Waals surface area contributed by atoms with Gasteiger partial charge in [-0.1, -0.05) is 6.08 Å². The number of nitrogens with zero attached hydrogens (tertiary/aromatic N) is 1. The van der Waals surface area contributed by atoms with Gasteiger partial charge in [0.15, 0.2) is 0 Å². The van der Waals surface area contributed by atoms with Crippen molar-refractivity contribution in [3.8, 4) is 0 Å². The monoisotopic (exact) mass is 266 g/mol. The zero-order valence-electron chi connectivity index (χ0n) is 11.2. The molecule has 19 heavy (non-hydrogen) atoms. The van der Waals surface area contributed by atoms with Crippen LogP contribution in [0.4, 0.5) is 0 Å². The Bertz CT molecular complexity index is 356. The van der Waals surface area contributed by atoms with Crippen molar-refractivity contribution in [3.63, 3.8) is 0 Å². The van der Waals surface area contributed by atoms with Gasteiger partial charge < -0.3 is 10.4 Å². The number of rotatable bonds is 6. The normalized spacial score (nSPS) is 30.0. The number of carbonyl (C=O) groups is 2. The van der Waals surface area contributed by atoms with E-state index in [1.54, 1.807) is 6.08 Å². The highest BCUT2D eigenvalue weighted by atomic mass is 16.4. The van der Waals surface area contributed by atoms with Gasteiger partial charge in [0, 0.05) is 25.0 Å². The van der Waals surface area contributed by atoms with E-state index < -0.39 is 5.97 Å². The summed E-state index contributed by atoms with van der Waals surface area (Å²) in [6, 6.07) is 0.773. The molecule has 2 unspecified atom stereocenters. The molecule has 0 aromatic carbocycles. The van der Waals surface area contributed by atoms with Gasteiger partial charge in [-0.2, -0.15) is 0 Å². The maximum Gasteiger partial charge on any atom is 0.303 e. The van der Waals surface area contributed by atoms with Crippen molar-refractivity contribution in [3.05, 3.63) is 12.7 Å². The number of amides is 1. The number of carboxylic acid groups (broad SMARTS) is 1. The van der Waals surface area contributed by atoms with Gasteiger partial charge >= 0.3 is 5.97 Å². The topological polar surface area (TPSA) is 69.6 Å². The van der Waals surface area contributed by atoms with Gasteiger partial charge in [0.05, 0.1) is 6.54 Å². The third kappa shape index (κ3) is 3.56. The van der Waals surface area contributed by atoms with E-state index in [-0.39, 0.29) is 18.2 Å². The summed E-state index contributed by atoms with van der Waals surface area (Å²) in [4.78, 5) is 24.8. The highest BCUT2D eigenvalue weighted by molar-refractivity contribution is 5.78. The molecule has 0 aliphatic carbocycles. The molecule has 2 N–H and O–H groups in total. The lowest BCUT2D eigenvalue weighted by Gasteiger charge is -2.38. The fraction of sp³-hybridized carbons (Fsp3) is 0.714. The molecular formula is C14H22N2O3. The van der Waals surface area contributed by atoms with Crippen LogP contribution in [0.2, 0.25) is 0 Å². The predicted molar refractivity (Wildman–Crippen MR) is 71.7 cm³/mol. The van der Waals surface area contributed by atoms with Crippen LogP contribution in [0.5, 0.6) is 0 Å². The zero-order valence-corrected chi connectivity index (χ0v) is 11.2. The van der Waals surface area contributed by atoms with Gasteiger partial charge in [-0.15, -0.1) is 6.58 Å². The molecule has 2 rings (SSSR count). The summed E-state index contributed by atoms with van der Waals surface area (Å²) < 4.78 is 0. The second-order valence-corrected chi connectivity index (χ2v) is 5.59. The summed E-state index contributed by atoms with van der Waals surface area (Å²) in [6.45, 7) is 4.51. The molecule has 2 aliphatic rings. The molecule has 0 radical (unpaired) electrons. The van der Waals surface area contributed by atoms with E-state index in [4.69, 9.17) is 5.11 Å². The number of nitrogens with one attached hydrogen (secondary N) is 1. The van der Waals surface area contributed by atoms with Crippen molar-refractivity contribution in [2.45, 2.75) is 44.2 Å². The number of fused-ring (bicyclic) bond motifs is 2. The Hall–Kier alpha value is -1.36. The average molecular weight is 266 g/mol. The van der Waals surface area contributed by atoms with E-state index in [0.717, 1.165) is 25.7 Å². The first-order valence-electron chi connectivity index (χ1n) is 6.95. The Morgan fingerprint density at radius 3 is 2.47 bits per heavy atom. The van der Waals surface area contributed by atoms with Crippen LogP contribution >= 0.6 is 0 Å². The van der Waals surface area contributed by atoms with Crippen LogP contribution < -0.4 is 5.32 Å². The number of piperidine rings is 1. The van der Waals surface area contributed by atoms with Gasteiger partial charge in [0.2, 0.25) is 5.91 Å². The van der Waals surface area contributed by atoms with Gasteiger partial charge in [0.1, 0.15) is 0 Å². The number of carbonyl (C=O) groups excluding carboxylic acids is 1. The number of aliphatic carboxylic acids is 1.